The third kappa shape index (κ3) is 4.14. The summed E-state index contributed by atoms with van der Waals surface area (Å²) in [6.45, 7) is 4.49. The average molecular weight is 381 g/mol. The zero-order chi connectivity index (χ0) is 20.1. The fourth-order valence-electron chi connectivity index (χ4n) is 2.62. The Kier molecular flexibility index (Phi) is 5.64. The molecule has 0 radical (unpaired) electrons. The second-order valence-corrected chi connectivity index (χ2v) is 6.08. The number of hydrogen-bond donors (Lipinski definition) is 1. The van der Waals surface area contributed by atoms with Gasteiger partial charge in [-0.1, -0.05) is 6.92 Å². The normalized spacial score (nSPS) is 10.5. The van der Waals surface area contributed by atoms with E-state index in [1.807, 2.05) is 19.9 Å². The van der Waals surface area contributed by atoms with Crippen LogP contribution in [0.5, 0.6) is 5.75 Å². The lowest BCUT2D eigenvalue weighted by Gasteiger charge is -2.11. The molecule has 0 atom stereocenters. The maximum absolute atomic E-state index is 12.6. The summed E-state index contributed by atoms with van der Waals surface area (Å²) in [6.07, 6.45) is 3.54. The summed E-state index contributed by atoms with van der Waals surface area (Å²) in [5.41, 5.74) is 1.60. The lowest BCUT2D eigenvalue weighted by atomic mass is 10.1. The van der Waals surface area contributed by atoms with Crippen molar-refractivity contribution in [3.8, 4) is 11.4 Å². The lowest BCUT2D eigenvalue weighted by molar-refractivity contribution is -0.384. The van der Waals surface area contributed by atoms with Gasteiger partial charge in [-0.3, -0.25) is 14.9 Å². The van der Waals surface area contributed by atoms with Crippen molar-refractivity contribution in [2.24, 2.45) is 0 Å². The van der Waals surface area contributed by atoms with E-state index < -0.39 is 10.8 Å². The minimum absolute atomic E-state index is 0.168. The molecular formula is C19H19N5O4. The molecule has 0 aliphatic heterocycles. The SMILES string of the molecule is CCCOc1ccc(NC(=O)c2ccc(-n3cncn3)c([N+](=O)[O-])c2)c(C)c1. The average Bonchev–Trinajstić information content (AvgIpc) is 3.22. The van der Waals surface area contributed by atoms with Crippen LogP contribution in [0.25, 0.3) is 5.69 Å². The van der Waals surface area contributed by atoms with E-state index in [0.29, 0.717) is 12.3 Å². The molecule has 144 valence electrons. The van der Waals surface area contributed by atoms with Gasteiger partial charge in [0.25, 0.3) is 11.6 Å². The van der Waals surface area contributed by atoms with Gasteiger partial charge in [-0.05, 0) is 49.2 Å². The Balaban J connectivity index is 1.83. The predicted molar refractivity (Wildman–Crippen MR) is 103 cm³/mol. The standard InChI is InChI=1S/C19H19N5O4/c1-3-8-28-15-5-6-16(13(2)9-15)22-19(25)14-4-7-17(18(10-14)24(26)27)23-12-20-11-21-23/h4-7,9-12H,3,8H2,1-2H3,(H,22,25). The molecule has 1 heterocycles. The highest BCUT2D eigenvalue weighted by molar-refractivity contribution is 6.05. The van der Waals surface area contributed by atoms with E-state index >= 15 is 0 Å². The summed E-state index contributed by atoms with van der Waals surface area (Å²) in [5.74, 6) is 0.281. The van der Waals surface area contributed by atoms with Crippen LogP contribution in [-0.2, 0) is 0 Å². The molecule has 1 N–H and O–H groups in total. The van der Waals surface area contributed by atoms with E-state index in [1.165, 1.54) is 35.5 Å². The number of carbonyl (C=O) groups excluding carboxylic acids is 1. The van der Waals surface area contributed by atoms with Crippen molar-refractivity contribution in [3.63, 3.8) is 0 Å². The van der Waals surface area contributed by atoms with Crippen LogP contribution in [0, 0.1) is 17.0 Å². The number of carbonyl (C=O) groups is 1. The van der Waals surface area contributed by atoms with E-state index in [2.05, 4.69) is 15.4 Å². The van der Waals surface area contributed by atoms with Crippen molar-refractivity contribution in [1.29, 1.82) is 0 Å². The Labute approximate surface area is 161 Å². The third-order valence-corrected chi connectivity index (χ3v) is 4.02. The van der Waals surface area contributed by atoms with Crippen LogP contribution in [0.3, 0.4) is 0 Å². The van der Waals surface area contributed by atoms with E-state index in [0.717, 1.165) is 17.7 Å². The highest BCUT2D eigenvalue weighted by Crippen LogP contribution is 2.25. The number of nitro groups is 1. The fourth-order valence-corrected chi connectivity index (χ4v) is 2.62. The number of nitrogens with one attached hydrogen (secondary N) is 1. The summed E-state index contributed by atoms with van der Waals surface area (Å²) < 4.78 is 6.85. The van der Waals surface area contributed by atoms with Gasteiger partial charge in [0.15, 0.2) is 0 Å². The van der Waals surface area contributed by atoms with Gasteiger partial charge >= 0.3 is 0 Å². The molecule has 9 nitrogen and oxygen atoms in total. The monoisotopic (exact) mass is 381 g/mol. The molecule has 9 heteroatoms. The van der Waals surface area contributed by atoms with Crippen LogP contribution in [0.15, 0.2) is 49.1 Å². The quantitative estimate of drug-likeness (QED) is 0.495. The Morgan fingerprint density at radius 1 is 1.29 bits per heavy atom. The van der Waals surface area contributed by atoms with E-state index in [9.17, 15) is 14.9 Å². The van der Waals surface area contributed by atoms with Gasteiger partial charge in [0.1, 0.15) is 24.1 Å². The molecule has 2 aromatic carbocycles. The smallest absolute Gasteiger partial charge is 0.295 e. The van der Waals surface area contributed by atoms with Gasteiger partial charge in [-0.2, -0.15) is 5.10 Å². The van der Waals surface area contributed by atoms with E-state index in [-0.39, 0.29) is 16.9 Å². The van der Waals surface area contributed by atoms with Crippen LogP contribution in [0.2, 0.25) is 0 Å². The van der Waals surface area contributed by atoms with Crippen molar-refractivity contribution >= 4 is 17.3 Å². The Bertz CT molecular complexity index is 1000. The molecule has 0 bridgehead atoms. The number of anilines is 1. The van der Waals surface area contributed by atoms with Crippen LogP contribution in [0.1, 0.15) is 29.3 Å². The van der Waals surface area contributed by atoms with Crippen LogP contribution >= 0.6 is 0 Å². The van der Waals surface area contributed by atoms with Gasteiger partial charge in [0.05, 0.1) is 11.5 Å². The first kappa shape index (κ1) is 19.0. The maximum atomic E-state index is 12.6. The highest BCUT2D eigenvalue weighted by Gasteiger charge is 2.20. The molecule has 0 aliphatic carbocycles. The number of aryl methyl sites for hydroxylation is 1. The molecule has 28 heavy (non-hydrogen) atoms. The van der Waals surface area contributed by atoms with Crippen molar-refractivity contribution in [2.75, 3.05) is 11.9 Å². The minimum Gasteiger partial charge on any atom is -0.494 e. The lowest BCUT2D eigenvalue weighted by Crippen LogP contribution is -2.14. The van der Waals surface area contributed by atoms with Crippen molar-refractivity contribution in [3.05, 3.63) is 70.3 Å². The molecule has 0 aliphatic rings. The first-order valence-corrected chi connectivity index (χ1v) is 8.68. The zero-order valence-corrected chi connectivity index (χ0v) is 15.5. The number of benzene rings is 2. The molecule has 0 spiro atoms. The van der Waals surface area contributed by atoms with Crippen LogP contribution < -0.4 is 10.1 Å². The first-order valence-electron chi connectivity index (χ1n) is 8.68. The van der Waals surface area contributed by atoms with Crippen molar-refractivity contribution < 1.29 is 14.5 Å². The molecule has 1 amide bonds. The first-order chi connectivity index (χ1) is 13.5. The summed E-state index contributed by atoms with van der Waals surface area (Å²) in [7, 11) is 0. The largest absolute Gasteiger partial charge is 0.494 e. The topological polar surface area (TPSA) is 112 Å². The second kappa shape index (κ2) is 8.30. The molecule has 0 saturated carbocycles. The Morgan fingerprint density at radius 2 is 2.11 bits per heavy atom. The molecule has 3 rings (SSSR count). The van der Waals surface area contributed by atoms with Gasteiger partial charge in [-0.25, -0.2) is 9.67 Å². The van der Waals surface area contributed by atoms with Gasteiger partial charge in [0.2, 0.25) is 0 Å². The minimum atomic E-state index is -0.557. The third-order valence-electron chi connectivity index (χ3n) is 4.02. The van der Waals surface area contributed by atoms with Crippen LogP contribution in [0.4, 0.5) is 11.4 Å². The number of nitrogens with zero attached hydrogens (tertiary/aromatic N) is 4. The van der Waals surface area contributed by atoms with Gasteiger partial charge in [0, 0.05) is 17.3 Å². The number of amides is 1. The summed E-state index contributed by atoms with van der Waals surface area (Å²) in [5, 5.41) is 18.1. The zero-order valence-electron chi connectivity index (χ0n) is 15.5. The fraction of sp³-hybridized carbons (Fsp3) is 0.211. The van der Waals surface area contributed by atoms with Crippen molar-refractivity contribution in [2.45, 2.75) is 20.3 Å². The van der Waals surface area contributed by atoms with Crippen LogP contribution in [-0.4, -0.2) is 32.2 Å². The predicted octanol–water partition coefficient (Wildman–Crippen LogP) is 3.53. The number of ether oxygens (including phenoxy) is 1. The number of aromatic nitrogens is 3. The van der Waals surface area contributed by atoms with Gasteiger partial charge < -0.3 is 10.1 Å². The Hall–Kier alpha value is -3.75. The molecule has 0 saturated heterocycles. The van der Waals surface area contributed by atoms with E-state index in [4.69, 9.17) is 4.74 Å². The maximum Gasteiger partial charge on any atom is 0.295 e. The van der Waals surface area contributed by atoms with Crippen molar-refractivity contribution in [1.82, 2.24) is 14.8 Å². The molecule has 1 aromatic heterocycles. The number of hydrogen-bond acceptors (Lipinski definition) is 6. The summed E-state index contributed by atoms with van der Waals surface area (Å²) in [6, 6.07) is 9.55. The summed E-state index contributed by atoms with van der Waals surface area (Å²) in [4.78, 5) is 27.3. The molecule has 0 fully saturated rings. The second-order valence-electron chi connectivity index (χ2n) is 6.08. The highest BCUT2D eigenvalue weighted by atomic mass is 16.6. The summed E-state index contributed by atoms with van der Waals surface area (Å²) >= 11 is 0. The molecule has 3 aromatic rings. The Morgan fingerprint density at radius 3 is 2.75 bits per heavy atom. The number of nitro benzene ring substituents is 1. The molecular weight excluding hydrogens is 362 g/mol. The number of rotatable bonds is 7. The van der Waals surface area contributed by atoms with Gasteiger partial charge in [-0.15, -0.1) is 0 Å². The molecule has 0 unspecified atom stereocenters. The van der Waals surface area contributed by atoms with E-state index in [1.54, 1.807) is 12.1 Å².